The van der Waals surface area contributed by atoms with Crippen molar-refractivity contribution in [2.45, 2.75) is 0 Å². The second-order valence-corrected chi connectivity index (χ2v) is 15.6. The lowest BCUT2D eigenvalue weighted by Crippen LogP contribution is -2.06. The van der Waals surface area contributed by atoms with Crippen molar-refractivity contribution in [3.63, 3.8) is 0 Å². The molecular formula is C51H30FN5S. The zero-order chi connectivity index (χ0) is 38.3. The molecule has 0 bridgehead atoms. The van der Waals surface area contributed by atoms with Crippen molar-refractivity contribution in [2.24, 2.45) is 0 Å². The predicted molar refractivity (Wildman–Crippen MR) is 238 cm³/mol. The van der Waals surface area contributed by atoms with Crippen LogP contribution in [0.25, 0.3) is 109 Å². The quantitative estimate of drug-likeness (QED) is 0.175. The lowest BCUT2D eigenvalue weighted by molar-refractivity contribution is 0.630. The molecule has 0 saturated carbocycles. The third-order valence-electron chi connectivity index (χ3n) is 11.2. The van der Waals surface area contributed by atoms with Crippen LogP contribution in [0.2, 0.25) is 0 Å². The zero-order valence-corrected chi connectivity index (χ0v) is 31.7. The van der Waals surface area contributed by atoms with E-state index in [2.05, 4.69) is 112 Å². The molecule has 7 heteroatoms. The minimum atomic E-state index is -0.290. The SMILES string of the molecule is Fc1ccc2sc3c(-n4c5ccccc5c5ccccc54)cc(-c4nc(-c5ccccc5)nc(-c5ccccc5)n4)c(-n4c5ccccc5c5ccccc54)c3c2c1. The largest absolute Gasteiger partial charge is 0.308 e. The molecule has 0 spiro atoms. The Labute approximate surface area is 335 Å². The van der Waals surface area contributed by atoms with E-state index in [1.54, 1.807) is 23.5 Å². The first kappa shape index (κ1) is 32.7. The molecule has 0 aliphatic carbocycles. The van der Waals surface area contributed by atoms with Gasteiger partial charge in [0.25, 0.3) is 0 Å². The molecule has 0 atom stereocenters. The summed E-state index contributed by atoms with van der Waals surface area (Å²) in [5, 5.41) is 6.33. The highest BCUT2D eigenvalue weighted by molar-refractivity contribution is 7.26. The van der Waals surface area contributed by atoms with Crippen LogP contribution in [0, 0.1) is 5.82 Å². The Morgan fingerprint density at radius 3 is 1.38 bits per heavy atom. The van der Waals surface area contributed by atoms with Gasteiger partial charge in [-0.25, -0.2) is 19.3 Å². The highest BCUT2D eigenvalue weighted by atomic mass is 32.1. The van der Waals surface area contributed by atoms with Crippen LogP contribution in [0.3, 0.4) is 0 Å². The Kier molecular flexibility index (Phi) is 7.21. The van der Waals surface area contributed by atoms with Gasteiger partial charge in [0.1, 0.15) is 5.82 Å². The van der Waals surface area contributed by atoms with E-state index in [-0.39, 0.29) is 5.82 Å². The molecule has 0 amide bonds. The van der Waals surface area contributed by atoms with Gasteiger partial charge in [0.15, 0.2) is 17.5 Å². The van der Waals surface area contributed by atoms with Crippen molar-refractivity contribution in [3.05, 3.63) is 188 Å². The molecular weight excluding hydrogens is 734 g/mol. The summed E-state index contributed by atoms with van der Waals surface area (Å²) in [6.45, 7) is 0. The minimum absolute atomic E-state index is 0.290. The van der Waals surface area contributed by atoms with Gasteiger partial charge < -0.3 is 9.13 Å². The van der Waals surface area contributed by atoms with Crippen LogP contribution in [0.4, 0.5) is 4.39 Å². The Balaban J connectivity index is 1.33. The van der Waals surface area contributed by atoms with Crippen molar-refractivity contribution < 1.29 is 4.39 Å². The molecule has 0 fully saturated rings. The zero-order valence-electron chi connectivity index (χ0n) is 30.8. The van der Waals surface area contributed by atoms with Crippen molar-refractivity contribution >= 4 is 75.1 Å². The van der Waals surface area contributed by atoms with Crippen LogP contribution in [-0.2, 0) is 0 Å². The van der Waals surface area contributed by atoms with Gasteiger partial charge in [-0.2, -0.15) is 0 Å². The maximum absolute atomic E-state index is 15.7. The number of rotatable bonds is 5. The number of fused-ring (bicyclic) bond motifs is 9. The number of benzene rings is 8. The number of halogens is 1. The van der Waals surface area contributed by atoms with Gasteiger partial charge in [0.05, 0.1) is 38.1 Å². The molecule has 0 radical (unpaired) electrons. The van der Waals surface area contributed by atoms with Gasteiger partial charge in [-0.15, -0.1) is 11.3 Å². The first-order valence-corrected chi connectivity index (χ1v) is 20.0. The number of para-hydroxylation sites is 4. The first-order valence-electron chi connectivity index (χ1n) is 19.2. The van der Waals surface area contributed by atoms with Crippen molar-refractivity contribution in [1.82, 2.24) is 24.1 Å². The predicted octanol–water partition coefficient (Wildman–Crippen LogP) is 13.6. The molecule has 0 unspecified atom stereocenters. The van der Waals surface area contributed by atoms with Gasteiger partial charge in [-0.05, 0) is 48.5 Å². The highest BCUT2D eigenvalue weighted by Crippen LogP contribution is 2.49. The van der Waals surface area contributed by atoms with Crippen molar-refractivity contribution in [2.75, 3.05) is 0 Å². The van der Waals surface area contributed by atoms with Crippen LogP contribution >= 0.6 is 11.3 Å². The Bertz CT molecular complexity index is 3420. The first-order chi connectivity index (χ1) is 28.7. The molecule has 0 aliphatic rings. The van der Waals surface area contributed by atoms with E-state index in [4.69, 9.17) is 15.0 Å². The lowest BCUT2D eigenvalue weighted by atomic mass is 10.0. The summed E-state index contributed by atoms with van der Waals surface area (Å²) < 4.78 is 22.4. The summed E-state index contributed by atoms with van der Waals surface area (Å²) in [6.07, 6.45) is 0. The molecule has 12 aromatic rings. The summed E-state index contributed by atoms with van der Waals surface area (Å²) in [5.74, 6) is 1.36. The van der Waals surface area contributed by atoms with Crippen LogP contribution in [-0.4, -0.2) is 24.1 Å². The van der Waals surface area contributed by atoms with E-state index in [1.807, 2.05) is 66.7 Å². The average molecular weight is 764 g/mol. The maximum Gasteiger partial charge on any atom is 0.166 e. The summed E-state index contributed by atoms with van der Waals surface area (Å²) in [7, 11) is 0. The normalized spacial score (nSPS) is 11.9. The highest BCUT2D eigenvalue weighted by Gasteiger charge is 2.27. The Morgan fingerprint density at radius 1 is 0.414 bits per heavy atom. The number of nitrogens with zero attached hydrogens (tertiary/aromatic N) is 5. The van der Waals surface area contributed by atoms with E-state index in [9.17, 15) is 0 Å². The standard InChI is InChI=1S/C51H30FN5S/c52-33-27-28-45-38(29-33)46-47(57-42-25-13-9-21-36(42)37-22-10-14-26-43(37)57)39(51-54-49(31-15-3-1-4-16-31)53-50(55-51)32-17-5-2-6-18-32)30-44(48(46)58-45)56-40-23-11-7-19-34(40)35-20-8-12-24-41(35)56/h1-30H. The topological polar surface area (TPSA) is 48.5 Å². The fraction of sp³-hybridized carbons (Fsp3) is 0. The Morgan fingerprint density at radius 2 is 0.862 bits per heavy atom. The van der Waals surface area contributed by atoms with Crippen LogP contribution in [0.15, 0.2) is 182 Å². The summed E-state index contributed by atoms with van der Waals surface area (Å²) in [6, 6.07) is 61.6. The maximum atomic E-state index is 15.7. The fourth-order valence-electron chi connectivity index (χ4n) is 8.73. The molecule has 0 aliphatic heterocycles. The van der Waals surface area contributed by atoms with E-state index in [1.165, 1.54) is 0 Å². The van der Waals surface area contributed by atoms with Gasteiger partial charge in [-0.1, -0.05) is 133 Å². The van der Waals surface area contributed by atoms with E-state index in [0.717, 1.165) is 91.8 Å². The molecule has 58 heavy (non-hydrogen) atoms. The molecule has 0 saturated heterocycles. The van der Waals surface area contributed by atoms with Crippen LogP contribution in [0.1, 0.15) is 0 Å². The van der Waals surface area contributed by atoms with Gasteiger partial charge in [0.2, 0.25) is 0 Å². The van der Waals surface area contributed by atoms with Crippen LogP contribution < -0.4 is 0 Å². The molecule has 5 nitrogen and oxygen atoms in total. The summed E-state index contributed by atoms with van der Waals surface area (Å²) >= 11 is 1.68. The van der Waals surface area contributed by atoms with Gasteiger partial charge >= 0.3 is 0 Å². The van der Waals surface area contributed by atoms with Crippen LogP contribution in [0.5, 0.6) is 0 Å². The second kappa shape index (κ2) is 12.8. The van der Waals surface area contributed by atoms with E-state index in [0.29, 0.717) is 17.5 Å². The second-order valence-electron chi connectivity index (χ2n) is 14.5. The molecule has 12 rings (SSSR count). The Hall–Kier alpha value is -7.48. The summed E-state index contributed by atoms with van der Waals surface area (Å²) in [5.41, 5.74) is 8.65. The fourth-order valence-corrected chi connectivity index (χ4v) is 9.92. The minimum Gasteiger partial charge on any atom is -0.308 e. The van der Waals surface area contributed by atoms with E-state index >= 15 is 4.39 Å². The smallest absolute Gasteiger partial charge is 0.166 e. The number of aromatic nitrogens is 5. The van der Waals surface area contributed by atoms with Gasteiger partial charge in [-0.3, -0.25) is 0 Å². The third kappa shape index (κ3) is 4.90. The lowest BCUT2D eigenvalue weighted by Gasteiger charge is -2.19. The molecule has 4 aromatic heterocycles. The number of thiophene rings is 1. The number of hydrogen-bond acceptors (Lipinski definition) is 4. The molecule has 0 N–H and O–H groups in total. The third-order valence-corrected chi connectivity index (χ3v) is 12.4. The van der Waals surface area contributed by atoms with Crippen molar-refractivity contribution in [1.29, 1.82) is 0 Å². The van der Waals surface area contributed by atoms with Gasteiger partial charge in [0, 0.05) is 53.7 Å². The molecule has 272 valence electrons. The molecule has 8 aromatic carbocycles. The van der Waals surface area contributed by atoms with Crippen molar-refractivity contribution in [3.8, 4) is 45.5 Å². The molecule has 4 heterocycles. The van der Waals surface area contributed by atoms with E-state index < -0.39 is 0 Å². The number of hydrogen-bond donors (Lipinski definition) is 0. The summed E-state index contributed by atoms with van der Waals surface area (Å²) in [4.78, 5) is 15.8. The monoisotopic (exact) mass is 763 g/mol. The average Bonchev–Trinajstić information content (AvgIpc) is 3.94.